The van der Waals surface area contributed by atoms with Crippen molar-refractivity contribution in [3.05, 3.63) is 58.4 Å². The van der Waals surface area contributed by atoms with Gasteiger partial charge in [0.25, 0.3) is 0 Å². The maximum Gasteiger partial charge on any atom is 0.223 e. The topological polar surface area (TPSA) is 45.2 Å². The number of carbonyl (C=O) groups excluding carboxylic acids is 1. The fourth-order valence-corrected chi connectivity index (χ4v) is 3.82. The van der Waals surface area contributed by atoms with E-state index in [1.54, 1.807) is 0 Å². The van der Waals surface area contributed by atoms with Crippen molar-refractivity contribution in [1.82, 2.24) is 10.3 Å². The minimum atomic E-state index is 0.0891. The summed E-state index contributed by atoms with van der Waals surface area (Å²) in [6.45, 7) is 2.63. The van der Waals surface area contributed by atoms with E-state index in [2.05, 4.69) is 33.4 Å². The second-order valence-corrected chi connectivity index (χ2v) is 7.05. The molecular weight excluding hydrogens is 322 g/mol. The summed E-state index contributed by atoms with van der Waals surface area (Å²) in [5.74, 6) is 0.260. The monoisotopic (exact) mass is 341 g/mol. The first kappa shape index (κ1) is 15.5. The largest absolute Gasteiger partial charge is 0.366 e. The van der Waals surface area contributed by atoms with E-state index in [1.165, 1.54) is 11.1 Å². The van der Waals surface area contributed by atoms with Crippen molar-refractivity contribution in [2.45, 2.75) is 25.8 Å². The lowest BCUT2D eigenvalue weighted by Gasteiger charge is -2.31. The number of fused-ring (bicyclic) bond motifs is 1. The molecule has 2 aliphatic heterocycles. The van der Waals surface area contributed by atoms with Crippen LogP contribution in [0.1, 0.15) is 23.1 Å². The van der Waals surface area contributed by atoms with Crippen molar-refractivity contribution >= 4 is 23.2 Å². The molecule has 4 rings (SSSR count). The molecule has 0 bridgehead atoms. The zero-order chi connectivity index (χ0) is 16.5. The molecule has 3 heterocycles. The smallest absolute Gasteiger partial charge is 0.223 e. The number of hydrogen-bond donors (Lipinski definition) is 1. The summed E-state index contributed by atoms with van der Waals surface area (Å²) < 4.78 is 0. The summed E-state index contributed by atoms with van der Waals surface area (Å²) >= 11 is 6.09. The van der Waals surface area contributed by atoms with Gasteiger partial charge in [0, 0.05) is 36.8 Å². The number of carbonyl (C=O) groups is 1. The maximum atomic E-state index is 11.8. The first-order chi connectivity index (χ1) is 11.7. The van der Waals surface area contributed by atoms with E-state index in [-0.39, 0.29) is 11.8 Å². The molecule has 24 heavy (non-hydrogen) atoms. The Morgan fingerprint density at radius 1 is 1.25 bits per heavy atom. The Morgan fingerprint density at radius 3 is 3.00 bits per heavy atom. The van der Waals surface area contributed by atoms with Crippen LogP contribution in [0.25, 0.3) is 0 Å². The number of hydrogen-bond acceptors (Lipinski definition) is 3. The molecule has 5 heteroatoms. The first-order valence-corrected chi connectivity index (χ1v) is 8.81. The average molecular weight is 342 g/mol. The fraction of sp³-hybridized carbons (Fsp3) is 0.368. The highest BCUT2D eigenvalue weighted by molar-refractivity contribution is 6.30. The quantitative estimate of drug-likeness (QED) is 0.933. The van der Waals surface area contributed by atoms with Crippen LogP contribution < -0.4 is 10.2 Å². The molecule has 1 amide bonds. The lowest BCUT2D eigenvalue weighted by atomic mass is 9.97. The van der Waals surface area contributed by atoms with E-state index in [4.69, 9.17) is 11.6 Å². The predicted molar refractivity (Wildman–Crippen MR) is 95.3 cm³/mol. The van der Waals surface area contributed by atoms with Gasteiger partial charge in [-0.15, -0.1) is 0 Å². The summed E-state index contributed by atoms with van der Waals surface area (Å²) in [4.78, 5) is 18.5. The number of aromatic nitrogens is 1. The molecule has 0 aliphatic carbocycles. The van der Waals surface area contributed by atoms with Crippen LogP contribution in [0.4, 0.5) is 5.69 Å². The number of nitrogens with one attached hydrogen (secondary N) is 1. The lowest BCUT2D eigenvalue weighted by Crippen LogP contribution is -2.30. The Hall–Kier alpha value is -2.07. The molecule has 0 spiro atoms. The Kier molecular flexibility index (Phi) is 4.15. The molecule has 1 aromatic carbocycles. The Bertz CT molecular complexity index is 777. The highest BCUT2D eigenvalue weighted by atomic mass is 35.5. The standard InChI is InChI=1S/C19H20ClN3O/c20-17-2-1-16-12-23(6-4-14(16)9-17)18-8-13(10-21-11-18)7-15-3-5-22-19(15)24/h1-2,8-11,15H,3-7,12H2,(H,22,24). The van der Waals surface area contributed by atoms with Gasteiger partial charge in [-0.25, -0.2) is 0 Å². The third-order valence-corrected chi connectivity index (χ3v) is 5.21. The van der Waals surface area contributed by atoms with E-state index >= 15 is 0 Å². The van der Waals surface area contributed by atoms with Gasteiger partial charge in [0.2, 0.25) is 5.91 Å². The molecule has 1 saturated heterocycles. The minimum Gasteiger partial charge on any atom is -0.366 e. The maximum absolute atomic E-state index is 11.8. The van der Waals surface area contributed by atoms with E-state index in [9.17, 15) is 4.79 Å². The van der Waals surface area contributed by atoms with Gasteiger partial charge >= 0.3 is 0 Å². The molecule has 1 N–H and O–H groups in total. The number of rotatable bonds is 3. The minimum absolute atomic E-state index is 0.0891. The van der Waals surface area contributed by atoms with Gasteiger partial charge in [0.05, 0.1) is 11.9 Å². The second-order valence-electron chi connectivity index (χ2n) is 6.62. The highest BCUT2D eigenvalue weighted by Gasteiger charge is 2.24. The summed E-state index contributed by atoms with van der Waals surface area (Å²) in [6.07, 6.45) is 6.48. The van der Waals surface area contributed by atoms with Gasteiger partial charge in [-0.3, -0.25) is 9.78 Å². The lowest BCUT2D eigenvalue weighted by molar-refractivity contribution is -0.122. The molecular formula is C19H20ClN3O. The molecule has 4 nitrogen and oxygen atoms in total. The molecule has 2 aromatic rings. The van der Waals surface area contributed by atoms with Crippen molar-refractivity contribution in [1.29, 1.82) is 0 Å². The van der Waals surface area contributed by atoms with Crippen molar-refractivity contribution < 1.29 is 4.79 Å². The van der Waals surface area contributed by atoms with Crippen molar-refractivity contribution in [2.75, 3.05) is 18.0 Å². The van der Waals surface area contributed by atoms with Crippen LogP contribution in [0.5, 0.6) is 0 Å². The Balaban J connectivity index is 1.51. The van der Waals surface area contributed by atoms with Gasteiger partial charge in [-0.2, -0.15) is 0 Å². The molecule has 1 aromatic heterocycles. The normalized spacial score (nSPS) is 20.0. The predicted octanol–water partition coefficient (Wildman–Crippen LogP) is 2.98. The highest BCUT2D eigenvalue weighted by Crippen LogP contribution is 2.27. The van der Waals surface area contributed by atoms with Gasteiger partial charge in [-0.1, -0.05) is 17.7 Å². The van der Waals surface area contributed by atoms with Crippen molar-refractivity contribution in [2.24, 2.45) is 5.92 Å². The number of nitrogens with zero attached hydrogens (tertiary/aromatic N) is 2. The second kappa shape index (κ2) is 6.44. The van der Waals surface area contributed by atoms with Crippen LogP contribution in [-0.2, 0) is 24.2 Å². The number of halogens is 1. The van der Waals surface area contributed by atoms with Crippen LogP contribution in [0.3, 0.4) is 0 Å². The first-order valence-electron chi connectivity index (χ1n) is 8.43. The number of amides is 1. The SMILES string of the molecule is O=C1NCCC1Cc1cncc(N2CCc3cc(Cl)ccc3C2)c1. The van der Waals surface area contributed by atoms with E-state index in [1.807, 2.05) is 18.5 Å². The van der Waals surface area contributed by atoms with Gasteiger partial charge < -0.3 is 10.2 Å². The molecule has 124 valence electrons. The number of benzene rings is 1. The Labute approximate surface area is 146 Å². The summed E-state index contributed by atoms with van der Waals surface area (Å²) in [5, 5.41) is 3.71. The van der Waals surface area contributed by atoms with Gasteiger partial charge in [-0.05, 0) is 54.2 Å². The fourth-order valence-electron chi connectivity index (χ4n) is 3.62. The number of pyridine rings is 1. The molecule has 0 radical (unpaired) electrons. The third-order valence-electron chi connectivity index (χ3n) is 4.97. The van der Waals surface area contributed by atoms with Crippen molar-refractivity contribution in [3.63, 3.8) is 0 Å². The Morgan fingerprint density at radius 2 is 2.17 bits per heavy atom. The van der Waals surface area contributed by atoms with Crippen LogP contribution in [0.15, 0.2) is 36.7 Å². The van der Waals surface area contributed by atoms with Crippen LogP contribution in [0.2, 0.25) is 5.02 Å². The zero-order valence-electron chi connectivity index (χ0n) is 13.5. The average Bonchev–Trinajstić information content (AvgIpc) is 2.99. The molecule has 0 saturated carbocycles. The van der Waals surface area contributed by atoms with Crippen molar-refractivity contribution in [3.8, 4) is 0 Å². The molecule has 1 unspecified atom stereocenters. The summed E-state index contributed by atoms with van der Waals surface area (Å²) in [7, 11) is 0. The molecule has 1 fully saturated rings. The van der Waals surface area contributed by atoms with Crippen LogP contribution in [-0.4, -0.2) is 24.0 Å². The van der Waals surface area contributed by atoms with Crippen LogP contribution in [0, 0.1) is 5.92 Å². The molecule has 2 aliphatic rings. The van der Waals surface area contributed by atoms with Gasteiger partial charge in [0.15, 0.2) is 0 Å². The van der Waals surface area contributed by atoms with Gasteiger partial charge in [0.1, 0.15) is 0 Å². The third kappa shape index (κ3) is 3.11. The zero-order valence-corrected chi connectivity index (χ0v) is 14.2. The molecule has 1 atom stereocenters. The van der Waals surface area contributed by atoms with E-state index < -0.39 is 0 Å². The van der Waals surface area contributed by atoms with Crippen LogP contribution >= 0.6 is 11.6 Å². The summed E-state index contributed by atoms with van der Waals surface area (Å²) in [5.41, 5.74) is 4.93. The summed E-state index contributed by atoms with van der Waals surface area (Å²) in [6, 6.07) is 8.32. The van der Waals surface area contributed by atoms with E-state index in [0.717, 1.165) is 55.2 Å². The van der Waals surface area contributed by atoms with E-state index in [0.29, 0.717) is 0 Å². The number of anilines is 1.